The van der Waals surface area contributed by atoms with Gasteiger partial charge in [-0.25, -0.2) is 4.99 Å². The molecule has 1 aromatic heterocycles. The molecule has 2 aliphatic rings. The third kappa shape index (κ3) is 5.66. The summed E-state index contributed by atoms with van der Waals surface area (Å²) >= 11 is 8.75. The summed E-state index contributed by atoms with van der Waals surface area (Å²) in [6.45, 7) is 4.78. The molecule has 180 valence electrons. The number of ketones is 1. The van der Waals surface area contributed by atoms with E-state index in [0.717, 1.165) is 60.3 Å². The van der Waals surface area contributed by atoms with E-state index in [-0.39, 0.29) is 16.1 Å². The number of rotatable bonds is 5. The molecule has 9 heteroatoms. The zero-order valence-electron chi connectivity index (χ0n) is 19.2. The number of halogens is 2. The van der Waals surface area contributed by atoms with E-state index in [9.17, 15) is 4.79 Å². The topological polar surface area (TPSA) is 78.9 Å². The lowest BCUT2D eigenvalue weighted by molar-refractivity contribution is 0.0255. The smallest absolute Gasteiger partial charge is 0.159 e. The van der Waals surface area contributed by atoms with Crippen molar-refractivity contribution >= 4 is 57.2 Å². The number of ether oxygens (including phenoxy) is 1. The minimum atomic E-state index is -0.141. The predicted octanol–water partition coefficient (Wildman–Crippen LogP) is 5.31. The van der Waals surface area contributed by atoms with E-state index in [2.05, 4.69) is 49.2 Å². The van der Waals surface area contributed by atoms with Crippen LogP contribution < -0.4 is 10.6 Å². The first-order chi connectivity index (χ1) is 17.0. The van der Waals surface area contributed by atoms with Gasteiger partial charge >= 0.3 is 0 Å². The van der Waals surface area contributed by atoms with Crippen LogP contribution in [0.25, 0.3) is 11.3 Å². The summed E-state index contributed by atoms with van der Waals surface area (Å²) in [5, 5.41) is 7.67. The first kappa shape index (κ1) is 24.2. The number of carbonyl (C=O) groups is 1. The normalized spacial score (nSPS) is 19.9. The number of anilines is 2. The Labute approximate surface area is 223 Å². The largest absolute Gasteiger partial charge is 0.365 e. The number of benzene rings is 2. The summed E-state index contributed by atoms with van der Waals surface area (Å²) in [6, 6.07) is 17.2. The molecule has 35 heavy (non-hydrogen) atoms. The van der Waals surface area contributed by atoms with Gasteiger partial charge in [0.1, 0.15) is 16.1 Å². The first-order valence-corrected chi connectivity index (χ1v) is 13.0. The summed E-state index contributed by atoms with van der Waals surface area (Å²) in [5.41, 5.74) is 5.15. The number of hydrogen-bond acceptors (Lipinski definition) is 7. The lowest BCUT2D eigenvalue weighted by Crippen LogP contribution is -2.46. The SMILES string of the molecule is CC(=O)c1ccc(NC2=NC(CN3CCO[C@H](I)C3)Nc3cc(-c4ncccc4Cl)ccc32)cc1. The Balaban J connectivity index is 1.46. The van der Waals surface area contributed by atoms with Crippen molar-refractivity contribution in [3.63, 3.8) is 0 Å². The highest BCUT2D eigenvalue weighted by Crippen LogP contribution is 2.32. The van der Waals surface area contributed by atoms with Crippen LogP contribution in [-0.2, 0) is 4.74 Å². The molecular weight excluding hydrogens is 577 g/mol. The monoisotopic (exact) mass is 601 g/mol. The summed E-state index contributed by atoms with van der Waals surface area (Å²) in [6.07, 6.45) is 1.60. The number of alkyl halides is 1. The fraction of sp³-hybridized carbons (Fsp3) is 0.269. The number of fused-ring (bicyclic) bond motifs is 1. The van der Waals surface area contributed by atoms with Crippen LogP contribution in [0.5, 0.6) is 0 Å². The van der Waals surface area contributed by atoms with Gasteiger partial charge < -0.3 is 15.4 Å². The van der Waals surface area contributed by atoms with Crippen molar-refractivity contribution < 1.29 is 9.53 Å². The molecule has 1 saturated heterocycles. The van der Waals surface area contributed by atoms with Gasteiger partial charge in [-0.15, -0.1) is 0 Å². The van der Waals surface area contributed by atoms with Crippen LogP contribution in [-0.4, -0.2) is 58.0 Å². The van der Waals surface area contributed by atoms with Gasteiger partial charge in [-0.05, 0) is 78.0 Å². The maximum Gasteiger partial charge on any atom is 0.159 e. The van der Waals surface area contributed by atoms with Gasteiger partial charge in [-0.2, -0.15) is 0 Å². The molecule has 0 spiro atoms. The van der Waals surface area contributed by atoms with Crippen LogP contribution in [0.1, 0.15) is 22.8 Å². The van der Waals surface area contributed by atoms with E-state index in [0.29, 0.717) is 10.6 Å². The number of nitrogens with one attached hydrogen (secondary N) is 2. The van der Waals surface area contributed by atoms with Crippen LogP contribution in [0, 0.1) is 0 Å². The standard InChI is InChI=1S/C26H25ClIN5O2/c1-16(34)17-4-7-19(8-5-17)30-26-20-9-6-18(25-21(27)3-2-10-29-25)13-22(20)31-24(32-26)15-33-11-12-35-23(28)14-33/h2-10,13,23-24,31H,11-12,14-15H2,1H3,(H,30,32)/t23-,24?/m0/s1. The molecule has 7 nitrogen and oxygen atoms in total. The van der Waals surface area contributed by atoms with Crippen LogP contribution in [0.2, 0.25) is 5.02 Å². The minimum Gasteiger partial charge on any atom is -0.365 e. The molecule has 2 aromatic carbocycles. The van der Waals surface area contributed by atoms with E-state index in [4.69, 9.17) is 21.3 Å². The second-order valence-corrected chi connectivity index (χ2v) is 10.3. The Hall–Kier alpha value is -2.53. The second kappa shape index (κ2) is 10.6. The van der Waals surface area contributed by atoms with Gasteiger partial charge in [0.15, 0.2) is 5.78 Å². The molecule has 0 bridgehead atoms. The molecule has 5 rings (SSSR count). The van der Waals surface area contributed by atoms with Gasteiger partial charge in [0.2, 0.25) is 0 Å². The number of aliphatic imine (C=N–C) groups is 1. The van der Waals surface area contributed by atoms with Crippen LogP contribution in [0.15, 0.2) is 65.8 Å². The number of aromatic nitrogens is 1. The summed E-state index contributed by atoms with van der Waals surface area (Å²) in [5.74, 6) is 0.818. The number of Topliss-reactive ketones (excluding diaryl/α,β-unsaturated/α-hetero) is 1. The highest BCUT2D eigenvalue weighted by molar-refractivity contribution is 14.1. The van der Waals surface area contributed by atoms with Gasteiger partial charge in [-0.1, -0.05) is 17.7 Å². The van der Waals surface area contributed by atoms with Crippen molar-refractivity contribution in [1.82, 2.24) is 9.88 Å². The lowest BCUT2D eigenvalue weighted by atomic mass is 10.0. The van der Waals surface area contributed by atoms with Crippen molar-refractivity contribution in [2.45, 2.75) is 17.2 Å². The molecule has 2 N–H and O–H groups in total. The Morgan fingerprint density at radius 2 is 2.09 bits per heavy atom. The lowest BCUT2D eigenvalue weighted by Gasteiger charge is -2.34. The third-order valence-electron chi connectivity index (χ3n) is 6.01. The van der Waals surface area contributed by atoms with Crippen LogP contribution in [0.4, 0.5) is 11.4 Å². The summed E-state index contributed by atoms with van der Waals surface area (Å²) in [4.78, 5) is 23.5. The quantitative estimate of drug-likeness (QED) is 0.235. The molecule has 3 aromatic rings. The summed E-state index contributed by atoms with van der Waals surface area (Å²) in [7, 11) is 0. The van der Waals surface area contributed by atoms with Crippen LogP contribution in [0.3, 0.4) is 0 Å². The van der Waals surface area contributed by atoms with Gasteiger partial charge in [-0.3, -0.25) is 14.7 Å². The fourth-order valence-corrected chi connectivity index (χ4v) is 5.27. The zero-order chi connectivity index (χ0) is 24.4. The molecule has 1 unspecified atom stereocenters. The predicted molar refractivity (Wildman–Crippen MR) is 149 cm³/mol. The Kier molecular flexibility index (Phi) is 7.33. The second-order valence-electron chi connectivity index (χ2n) is 8.53. The van der Waals surface area contributed by atoms with Crippen molar-refractivity contribution in [1.29, 1.82) is 0 Å². The molecular formula is C26H25ClIN5O2. The molecule has 0 radical (unpaired) electrons. The molecule has 0 aliphatic carbocycles. The number of carbonyl (C=O) groups excluding carboxylic acids is 1. The minimum absolute atomic E-state index is 0.0426. The maximum atomic E-state index is 11.7. The Bertz CT molecular complexity index is 1270. The van der Waals surface area contributed by atoms with Gasteiger partial charge in [0.05, 0.1) is 17.3 Å². The highest BCUT2D eigenvalue weighted by Gasteiger charge is 2.26. The molecule has 2 atom stereocenters. The fourth-order valence-electron chi connectivity index (χ4n) is 4.23. The van der Waals surface area contributed by atoms with E-state index >= 15 is 0 Å². The highest BCUT2D eigenvalue weighted by atomic mass is 127. The third-order valence-corrected chi connectivity index (χ3v) is 7.07. The average molecular weight is 602 g/mol. The molecule has 0 amide bonds. The van der Waals surface area contributed by atoms with Crippen molar-refractivity contribution in [2.24, 2.45) is 4.99 Å². The molecule has 1 fully saturated rings. The number of morpholine rings is 1. The van der Waals surface area contributed by atoms with Crippen molar-refractivity contribution in [3.05, 3.63) is 76.9 Å². The average Bonchev–Trinajstić information content (AvgIpc) is 2.84. The van der Waals surface area contributed by atoms with E-state index in [1.807, 2.05) is 48.5 Å². The van der Waals surface area contributed by atoms with Gasteiger partial charge in [0, 0.05) is 53.9 Å². The summed E-state index contributed by atoms with van der Waals surface area (Å²) < 4.78 is 5.87. The molecule has 2 aliphatic heterocycles. The number of pyridine rings is 1. The first-order valence-electron chi connectivity index (χ1n) is 11.4. The zero-order valence-corrected chi connectivity index (χ0v) is 22.1. The van der Waals surface area contributed by atoms with Crippen molar-refractivity contribution in [3.8, 4) is 11.3 Å². The Morgan fingerprint density at radius 1 is 1.26 bits per heavy atom. The molecule has 3 heterocycles. The Morgan fingerprint density at radius 3 is 2.83 bits per heavy atom. The van der Waals surface area contributed by atoms with Crippen molar-refractivity contribution in [2.75, 3.05) is 36.9 Å². The number of nitrogens with zero attached hydrogens (tertiary/aromatic N) is 3. The van der Waals surface area contributed by atoms with E-state index < -0.39 is 0 Å². The number of hydrogen-bond donors (Lipinski definition) is 2. The number of amidine groups is 1. The maximum absolute atomic E-state index is 11.7. The van der Waals surface area contributed by atoms with Crippen LogP contribution >= 0.6 is 34.2 Å². The van der Waals surface area contributed by atoms with E-state index in [1.165, 1.54) is 0 Å². The van der Waals surface area contributed by atoms with E-state index in [1.54, 1.807) is 13.1 Å². The molecule has 0 saturated carbocycles. The van der Waals surface area contributed by atoms with Gasteiger partial charge in [0.25, 0.3) is 0 Å².